The molecule has 1 aromatic rings. The van der Waals surface area contributed by atoms with Gasteiger partial charge in [0.25, 0.3) is 0 Å². The molecule has 4 nitrogen and oxygen atoms in total. The lowest BCUT2D eigenvalue weighted by Gasteiger charge is -2.31. The van der Waals surface area contributed by atoms with Crippen LogP contribution in [0.15, 0.2) is 24.3 Å². The average Bonchev–Trinajstić information content (AvgIpc) is 2.47. The number of amides is 1. The van der Waals surface area contributed by atoms with E-state index in [4.69, 9.17) is 4.74 Å². The van der Waals surface area contributed by atoms with Crippen molar-refractivity contribution in [3.05, 3.63) is 35.4 Å². The third-order valence-electron chi connectivity index (χ3n) is 3.83. The Morgan fingerprint density at radius 1 is 1.38 bits per heavy atom. The molecule has 1 aromatic carbocycles. The minimum Gasteiger partial charge on any atom is -0.466 e. The highest BCUT2D eigenvalue weighted by Gasteiger charge is 2.29. The highest BCUT2D eigenvalue weighted by Crippen LogP contribution is 2.19. The molecule has 0 saturated carbocycles. The third kappa shape index (κ3) is 4.31. The van der Waals surface area contributed by atoms with E-state index in [0.717, 1.165) is 30.5 Å². The molecule has 1 amide bonds. The summed E-state index contributed by atoms with van der Waals surface area (Å²) in [7, 11) is 0. The maximum atomic E-state index is 12.4. The number of ether oxygens (including phenoxy) is 1. The summed E-state index contributed by atoms with van der Waals surface area (Å²) in [5, 5.41) is 0. The maximum Gasteiger partial charge on any atom is 0.310 e. The number of hydrogen-bond donors (Lipinski definition) is 0. The number of piperidine rings is 1. The van der Waals surface area contributed by atoms with Crippen LogP contribution in [0.1, 0.15) is 30.9 Å². The lowest BCUT2D eigenvalue weighted by atomic mass is 9.97. The van der Waals surface area contributed by atoms with E-state index in [9.17, 15) is 9.59 Å². The summed E-state index contributed by atoms with van der Waals surface area (Å²) in [4.78, 5) is 26.0. The zero-order valence-electron chi connectivity index (χ0n) is 12.8. The number of esters is 1. The van der Waals surface area contributed by atoms with Gasteiger partial charge in [-0.05, 0) is 32.3 Å². The van der Waals surface area contributed by atoms with Crippen LogP contribution < -0.4 is 0 Å². The van der Waals surface area contributed by atoms with Gasteiger partial charge in [-0.3, -0.25) is 9.59 Å². The van der Waals surface area contributed by atoms with Crippen LogP contribution >= 0.6 is 0 Å². The highest BCUT2D eigenvalue weighted by atomic mass is 16.5. The molecule has 0 unspecified atom stereocenters. The first kappa shape index (κ1) is 15.5. The van der Waals surface area contributed by atoms with Crippen LogP contribution in [0.25, 0.3) is 0 Å². The van der Waals surface area contributed by atoms with Crippen LogP contribution in [0.4, 0.5) is 0 Å². The SMILES string of the molecule is CCOC(=O)[C@H]1CCCN(C(=O)Cc2cccc(C)c2)C1. The molecule has 0 aliphatic carbocycles. The molecule has 1 aliphatic rings. The Morgan fingerprint density at radius 2 is 2.19 bits per heavy atom. The number of rotatable bonds is 4. The topological polar surface area (TPSA) is 46.6 Å². The van der Waals surface area contributed by atoms with Gasteiger partial charge >= 0.3 is 5.97 Å². The zero-order valence-corrected chi connectivity index (χ0v) is 12.8. The number of carbonyl (C=O) groups excluding carboxylic acids is 2. The molecule has 0 radical (unpaired) electrons. The van der Waals surface area contributed by atoms with E-state index in [1.807, 2.05) is 31.2 Å². The summed E-state index contributed by atoms with van der Waals surface area (Å²) < 4.78 is 5.07. The van der Waals surface area contributed by atoms with E-state index < -0.39 is 0 Å². The molecule has 0 spiro atoms. The first-order chi connectivity index (χ1) is 10.1. The van der Waals surface area contributed by atoms with Gasteiger partial charge in [0, 0.05) is 13.1 Å². The summed E-state index contributed by atoms with van der Waals surface area (Å²) in [5.41, 5.74) is 2.18. The summed E-state index contributed by atoms with van der Waals surface area (Å²) in [6, 6.07) is 7.99. The number of carbonyl (C=O) groups is 2. The monoisotopic (exact) mass is 289 g/mol. The Kier molecular flexibility index (Phi) is 5.37. The Bertz CT molecular complexity index is 513. The molecule has 1 heterocycles. The second-order valence-electron chi connectivity index (χ2n) is 5.60. The fourth-order valence-electron chi connectivity index (χ4n) is 2.76. The van der Waals surface area contributed by atoms with Crippen LogP contribution in [0.5, 0.6) is 0 Å². The Hall–Kier alpha value is -1.84. The summed E-state index contributed by atoms with van der Waals surface area (Å²) >= 11 is 0. The van der Waals surface area contributed by atoms with Crippen molar-refractivity contribution < 1.29 is 14.3 Å². The normalized spacial score (nSPS) is 18.4. The fourth-order valence-corrected chi connectivity index (χ4v) is 2.76. The van der Waals surface area contributed by atoms with Crippen molar-refractivity contribution in [1.82, 2.24) is 4.90 Å². The highest BCUT2D eigenvalue weighted by molar-refractivity contribution is 5.80. The predicted octanol–water partition coefficient (Wildman–Crippen LogP) is 2.34. The maximum absolute atomic E-state index is 12.4. The molecule has 1 fully saturated rings. The average molecular weight is 289 g/mol. The van der Waals surface area contributed by atoms with Crippen molar-refractivity contribution in [2.75, 3.05) is 19.7 Å². The van der Waals surface area contributed by atoms with Crippen LogP contribution in [-0.4, -0.2) is 36.5 Å². The van der Waals surface area contributed by atoms with Crippen molar-refractivity contribution in [2.24, 2.45) is 5.92 Å². The minimum atomic E-state index is -0.175. The van der Waals surface area contributed by atoms with Crippen molar-refractivity contribution in [2.45, 2.75) is 33.1 Å². The lowest BCUT2D eigenvalue weighted by Crippen LogP contribution is -2.43. The molecule has 0 aromatic heterocycles. The number of likely N-dealkylation sites (tertiary alicyclic amines) is 1. The summed E-state index contributed by atoms with van der Waals surface area (Å²) in [6.45, 7) is 5.45. The van der Waals surface area contributed by atoms with Crippen molar-refractivity contribution in [3.8, 4) is 0 Å². The van der Waals surface area contributed by atoms with Crippen LogP contribution in [0.2, 0.25) is 0 Å². The smallest absolute Gasteiger partial charge is 0.310 e. The molecule has 1 aliphatic heterocycles. The Labute approximate surface area is 126 Å². The largest absolute Gasteiger partial charge is 0.466 e. The number of hydrogen-bond acceptors (Lipinski definition) is 3. The van der Waals surface area contributed by atoms with E-state index in [-0.39, 0.29) is 17.8 Å². The van der Waals surface area contributed by atoms with E-state index in [2.05, 4.69) is 0 Å². The quantitative estimate of drug-likeness (QED) is 0.799. The third-order valence-corrected chi connectivity index (χ3v) is 3.83. The van der Waals surface area contributed by atoms with Crippen LogP contribution in [-0.2, 0) is 20.7 Å². The van der Waals surface area contributed by atoms with Gasteiger partial charge in [-0.1, -0.05) is 29.8 Å². The first-order valence-electron chi connectivity index (χ1n) is 7.60. The van der Waals surface area contributed by atoms with Crippen molar-refractivity contribution >= 4 is 11.9 Å². The Morgan fingerprint density at radius 3 is 2.90 bits per heavy atom. The van der Waals surface area contributed by atoms with Gasteiger partial charge in [-0.25, -0.2) is 0 Å². The van der Waals surface area contributed by atoms with Crippen LogP contribution in [0, 0.1) is 12.8 Å². The van der Waals surface area contributed by atoms with Gasteiger partial charge in [0.1, 0.15) is 0 Å². The fraction of sp³-hybridized carbons (Fsp3) is 0.529. The molecule has 0 N–H and O–H groups in total. The molecule has 1 saturated heterocycles. The summed E-state index contributed by atoms with van der Waals surface area (Å²) in [5.74, 6) is -0.250. The number of nitrogens with zero attached hydrogens (tertiary/aromatic N) is 1. The van der Waals surface area contributed by atoms with E-state index >= 15 is 0 Å². The molecule has 2 rings (SSSR count). The molecular weight excluding hydrogens is 266 g/mol. The lowest BCUT2D eigenvalue weighted by molar-refractivity contribution is -0.151. The van der Waals surface area contributed by atoms with E-state index in [1.54, 1.807) is 11.8 Å². The van der Waals surface area contributed by atoms with Gasteiger partial charge in [0.15, 0.2) is 0 Å². The van der Waals surface area contributed by atoms with Gasteiger partial charge < -0.3 is 9.64 Å². The molecular formula is C17H23NO3. The Balaban J connectivity index is 1.94. The predicted molar refractivity (Wildman–Crippen MR) is 80.8 cm³/mol. The molecule has 4 heteroatoms. The van der Waals surface area contributed by atoms with Gasteiger partial charge in [-0.2, -0.15) is 0 Å². The number of aryl methyl sites for hydroxylation is 1. The minimum absolute atomic E-state index is 0.0922. The first-order valence-corrected chi connectivity index (χ1v) is 7.60. The van der Waals surface area contributed by atoms with Gasteiger partial charge in [0.2, 0.25) is 5.91 Å². The van der Waals surface area contributed by atoms with Gasteiger partial charge in [-0.15, -0.1) is 0 Å². The van der Waals surface area contributed by atoms with Gasteiger partial charge in [0.05, 0.1) is 18.9 Å². The standard InChI is InChI=1S/C17H23NO3/c1-3-21-17(20)15-8-5-9-18(12-15)16(19)11-14-7-4-6-13(2)10-14/h4,6-7,10,15H,3,5,8-9,11-12H2,1-2H3/t15-/m0/s1. The number of benzene rings is 1. The molecule has 114 valence electrons. The van der Waals surface area contributed by atoms with Crippen LogP contribution in [0.3, 0.4) is 0 Å². The van der Waals surface area contributed by atoms with E-state index in [0.29, 0.717) is 19.6 Å². The molecule has 21 heavy (non-hydrogen) atoms. The molecule has 0 bridgehead atoms. The van der Waals surface area contributed by atoms with Crippen molar-refractivity contribution in [1.29, 1.82) is 0 Å². The van der Waals surface area contributed by atoms with Crippen molar-refractivity contribution in [3.63, 3.8) is 0 Å². The van der Waals surface area contributed by atoms with E-state index in [1.165, 1.54) is 0 Å². The zero-order chi connectivity index (χ0) is 15.2. The molecule has 1 atom stereocenters. The summed E-state index contributed by atoms with van der Waals surface area (Å²) in [6.07, 6.45) is 2.08. The second kappa shape index (κ2) is 7.25. The second-order valence-corrected chi connectivity index (χ2v) is 5.60.